The molecule has 1 N–H and O–H groups in total. The molecule has 8 heteroatoms. The van der Waals surface area contributed by atoms with Gasteiger partial charge in [0.1, 0.15) is 0 Å². The Morgan fingerprint density at radius 2 is 1.54 bits per heavy atom. The lowest BCUT2D eigenvalue weighted by Crippen LogP contribution is -2.50. The molecule has 2 rings (SSSR count). The highest BCUT2D eigenvalue weighted by Gasteiger charge is 2.22. The maximum atomic E-state index is 12.2. The Labute approximate surface area is 164 Å². The molecular weight excluding hydrogens is 362 g/mol. The van der Waals surface area contributed by atoms with Crippen LogP contribution in [-0.2, 0) is 23.9 Å². The summed E-state index contributed by atoms with van der Waals surface area (Å²) in [6.07, 6.45) is -0.0557. The number of carbonyl (C=O) groups excluding carboxylic acids is 4. The fraction of sp³-hybridized carbons (Fsp3) is 0.500. The van der Waals surface area contributed by atoms with Gasteiger partial charge in [0.05, 0.1) is 6.42 Å². The van der Waals surface area contributed by atoms with E-state index >= 15 is 0 Å². The summed E-state index contributed by atoms with van der Waals surface area (Å²) in [5.41, 5.74) is 2.56. The van der Waals surface area contributed by atoms with E-state index < -0.39 is 18.5 Å². The Hall–Kier alpha value is -2.90. The third-order valence-electron chi connectivity index (χ3n) is 4.73. The number of esters is 1. The third-order valence-corrected chi connectivity index (χ3v) is 4.73. The fourth-order valence-corrected chi connectivity index (χ4v) is 3.04. The van der Waals surface area contributed by atoms with Gasteiger partial charge in [-0.2, -0.15) is 0 Å². The van der Waals surface area contributed by atoms with Crippen LogP contribution in [-0.4, -0.2) is 66.3 Å². The van der Waals surface area contributed by atoms with Gasteiger partial charge in [-0.25, -0.2) is 0 Å². The van der Waals surface area contributed by atoms with Gasteiger partial charge in [-0.15, -0.1) is 0 Å². The summed E-state index contributed by atoms with van der Waals surface area (Å²) in [5.74, 6) is -1.17. The van der Waals surface area contributed by atoms with Crippen LogP contribution in [0.15, 0.2) is 18.2 Å². The summed E-state index contributed by atoms with van der Waals surface area (Å²) in [4.78, 5) is 50.6. The zero-order valence-electron chi connectivity index (χ0n) is 16.6. The number of rotatable bonds is 6. The zero-order valence-corrected chi connectivity index (χ0v) is 16.6. The molecule has 0 spiro atoms. The number of carbonyl (C=O) groups is 4. The molecule has 1 fully saturated rings. The number of nitrogens with one attached hydrogen (secondary N) is 1. The van der Waals surface area contributed by atoms with E-state index in [1.165, 1.54) is 6.92 Å². The van der Waals surface area contributed by atoms with E-state index in [4.69, 9.17) is 4.74 Å². The van der Waals surface area contributed by atoms with Crippen molar-refractivity contribution in [3.63, 3.8) is 0 Å². The van der Waals surface area contributed by atoms with E-state index in [0.29, 0.717) is 31.9 Å². The zero-order chi connectivity index (χ0) is 20.7. The Bertz CT molecular complexity index is 734. The summed E-state index contributed by atoms with van der Waals surface area (Å²) in [6, 6.07) is 5.67. The van der Waals surface area contributed by atoms with Crippen molar-refractivity contribution in [1.82, 2.24) is 9.80 Å². The van der Waals surface area contributed by atoms with Crippen LogP contribution in [0.1, 0.15) is 30.9 Å². The van der Waals surface area contributed by atoms with Crippen molar-refractivity contribution in [1.29, 1.82) is 0 Å². The van der Waals surface area contributed by atoms with Crippen LogP contribution in [0.3, 0.4) is 0 Å². The lowest BCUT2D eigenvalue weighted by molar-refractivity contribution is -0.149. The number of hydrogen-bond donors (Lipinski definition) is 1. The highest BCUT2D eigenvalue weighted by Crippen LogP contribution is 2.19. The van der Waals surface area contributed by atoms with Crippen molar-refractivity contribution in [3.05, 3.63) is 29.3 Å². The molecule has 1 heterocycles. The number of ether oxygens (including phenoxy) is 1. The molecule has 0 atom stereocenters. The van der Waals surface area contributed by atoms with Gasteiger partial charge in [0.2, 0.25) is 11.8 Å². The molecular formula is C20H27N3O5. The van der Waals surface area contributed by atoms with Gasteiger partial charge in [0.25, 0.3) is 5.91 Å². The van der Waals surface area contributed by atoms with Gasteiger partial charge in [0, 0.05) is 45.2 Å². The van der Waals surface area contributed by atoms with Crippen LogP contribution in [0.25, 0.3) is 0 Å². The normalized spacial score (nSPS) is 13.8. The smallest absolute Gasteiger partial charge is 0.306 e. The molecule has 8 nitrogen and oxygen atoms in total. The van der Waals surface area contributed by atoms with Gasteiger partial charge >= 0.3 is 5.97 Å². The van der Waals surface area contributed by atoms with Gasteiger partial charge in [-0.05, 0) is 25.0 Å². The molecule has 28 heavy (non-hydrogen) atoms. The van der Waals surface area contributed by atoms with Crippen LogP contribution in [0.4, 0.5) is 5.69 Å². The highest BCUT2D eigenvalue weighted by atomic mass is 16.5. The highest BCUT2D eigenvalue weighted by molar-refractivity contribution is 5.94. The van der Waals surface area contributed by atoms with Crippen molar-refractivity contribution in [2.45, 2.75) is 33.6 Å². The number of nitrogens with zero attached hydrogens (tertiary/aromatic N) is 2. The van der Waals surface area contributed by atoms with Crippen molar-refractivity contribution in [2.75, 3.05) is 38.1 Å². The van der Waals surface area contributed by atoms with Gasteiger partial charge in [-0.3, -0.25) is 19.2 Å². The quantitative estimate of drug-likeness (QED) is 0.739. The van der Waals surface area contributed by atoms with E-state index in [0.717, 1.165) is 11.1 Å². The second-order valence-corrected chi connectivity index (χ2v) is 6.86. The molecule has 152 valence electrons. The maximum Gasteiger partial charge on any atom is 0.306 e. The first-order valence-corrected chi connectivity index (χ1v) is 9.33. The van der Waals surface area contributed by atoms with Gasteiger partial charge < -0.3 is 19.9 Å². The van der Waals surface area contributed by atoms with Crippen LogP contribution < -0.4 is 5.32 Å². The molecule has 3 amide bonds. The van der Waals surface area contributed by atoms with E-state index in [2.05, 4.69) is 5.32 Å². The summed E-state index contributed by atoms with van der Waals surface area (Å²) < 4.78 is 4.97. The number of amides is 3. The standard InChI is InChI=1S/C20H27N3O5/c1-14-5-4-6-15(2)20(14)21-17(25)13-28-19(27)8-7-18(26)23-11-9-22(10-12-23)16(3)24/h4-6H,7-13H2,1-3H3,(H,21,25). The molecule has 1 aliphatic rings. The molecule has 1 aromatic rings. The molecule has 1 saturated heterocycles. The second kappa shape index (κ2) is 9.87. The number of anilines is 1. The molecule has 1 aromatic carbocycles. The number of piperazine rings is 1. The molecule has 0 bridgehead atoms. The Balaban J connectivity index is 1.69. The number of aryl methyl sites for hydroxylation is 2. The van der Waals surface area contributed by atoms with Crippen LogP contribution in [0.2, 0.25) is 0 Å². The van der Waals surface area contributed by atoms with Crippen molar-refractivity contribution < 1.29 is 23.9 Å². The number of para-hydroxylation sites is 1. The lowest BCUT2D eigenvalue weighted by Gasteiger charge is -2.34. The Morgan fingerprint density at radius 3 is 2.11 bits per heavy atom. The van der Waals surface area contributed by atoms with Crippen LogP contribution in [0, 0.1) is 13.8 Å². The summed E-state index contributed by atoms with van der Waals surface area (Å²) in [6.45, 7) is 6.82. The molecule has 1 aliphatic heterocycles. The Kier molecular flexibility index (Phi) is 7.54. The van der Waals surface area contributed by atoms with Crippen molar-refractivity contribution >= 4 is 29.4 Å². The topological polar surface area (TPSA) is 96.0 Å². The fourth-order valence-electron chi connectivity index (χ4n) is 3.04. The average Bonchev–Trinajstić information content (AvgIpc) is 2.67. The molecule has 0 aromatic heterocycles. The largest absolute Gasteiger partial charge is 0.456 e. The second-order valence-electron chi connectivity index (χ2n) is 6.86. The average molecular weight is 389 g/mol. The van der Waals surface area contributed by atoms with E-state index in [1.54, 1.807) is 9.80 Å². The monoisotopic (exact) mass is 389 g/mol. The van der Waals surface area contributed by atoms with Crippen molar-refractivity contribution in [2.24, 2.45) is 0 Å². The van der Waals surface area contributed by atoms with Crippen LogP contribution >= 0.6 is 0 Å². The third kappa shape index (κ3) is 6.07. The SMILES string of the molecule is CC(=O)N1CCN(C(=O)CCC(=O)OCC(=O)Nc2c(C)cccc2C)CC1. The van der Waals surface area contributed by atoms with Gasteiger partial charge in [-0.1, -0.05) is 18.2 Å². The predicted molar refractivity (Wildman–Crippen MR) is 104 cm³/mol. The first kappa shape index (κ1) is 21.4. The van der Waals surface area contributed by atoms with Crippen LogP contribution in [0.5, 0.6) is 0 Å². The minimum atomic E-state index is -0.590. The molecule has 0 saturated carbocycles. The lowest BCUT2D eigenvalue weighted by atomic mass is 10.1. The first-order chi connectivity index (χ1) is 13.3. The van der Waals surface area contributed by atoms with Crippen molar-refractivity contribution in [3.8, 4) is 0 Å². The van der Waals surface area contributed by atoms with E-state index in [1.807, 2.05) is 32.0 Å². The van der Waals surface area contributed by atoms with E-state index in [9.17, 15) is 19.2 Å². The maximum absolute atomic E-state index is 12.2. The van der Waals surface area contributed by atoms with Gasteiger partial charge in [0.15, 0.2) is 6.61 Å². The number of hydrogen-bond acceptors (Lipinski definition) is 5. The summed E-state index contributed by atoms with van der Waals surface area (Å²) in [7, 11) is 0. The molecule has 0 aliphatic carbocycles. The number of benzene rings is 1. The summed E-state index contributed by atoms with van der Waals surface area (Å²) in [5, 5.41) is 2.74. The minimum Gasteiger partial charge on any atom is -0.456 e. The van der Waals surface area contributed by atoms with E-state index in [-0.39, 0.29) is 24.7 Å². The first-order valence-electron chi connectivity index (χ1n) is 9.33. The molecule has 0 radical (unpaired) electrons. The summed E-state index contributed by atoms with van der Waals surface area (Å²) >= 11 is 0. The Morgan fingerprint density at radius 1 is 0.964 bits per heavy atom. The minimum absolute atomic E-state index is 0.00477. The predicted octanol–water partition coefficient (Wildman–Crippen LogP) is 1.26. The molecule has 0 unspecified atom stereocenters.